The largest absolute Gasteiger partial charge is 0.507 e. The summed E-state index contributed by atoms with van der Waals surface area (Å²) in [6.45, 7) is 14.8. The Balaban J connectivity index is 0.000000306. The summed E-state index contributed by atoms with van der Waals surface area (Å²) in [5.41, 5.74) is 11.2. The standard InChI is InChI=1S/C43H52N10O4.C12H12N2OS/c1-25(2)38(41(56)51-14-10-30(54)22-51)36-17-37(49-57-36)52-23-43(24-52)18-29(19-43)50-12-8-27(9-13-50)28-20-44-42(45-21-28)53-15-11-33-39(26(53)3)32-16-34(47-48-40(32)46-33)31-6-4-5-7-35(31)55;1-9-12(16-8-14-9)11-4-2-10(3-5-11)6-13-7-15/h4-7,16-17,20-21,25-27,29-30,38,54-55H,8-15,18-19,22-24H2,1-3H3,(H,46,48);2-5,7-8H,6H2,1H3,(H,13,15). The molecule has 1 aliphatic carbocycles. The maximum atomic E-state index is 13.3. The van der Waals surface area contributed by atoms with E-state index in [2.05, 4.69) is 76.8 Å². The van der Waals surface area contributed by atoms with Gasteiger partial charge in [-0.15, -0.1) is 21.5 Å². The van der Waals surface area contributed by atoms with Crippen molar-refractivity contribution in [1.82, 2.24) is 50.4 Å². The molecule has 5 aromatic heterocycles. The van der Waals surface area contributed by atoms with Crippen LogP contribution in [0.2, 0.25) is 0 Å². The molecular formula is C55H64N12O5S. The number of fused-ring (bicyclic) bond motifs is 3. The Labute approximate surface area is 429 Å². The zero-order valence-corrected chi connectivity index (χ0v) is 42.8. The van der Waals surface area contributed by atoms with Crippen molar-refractivity contribution in [3.8, 4) is 27.4 Å². The number of para-hydroxylation sites is 1. The van der Waals surface area contributed by atoms with Gasteiger partial charge in [-0.05, 0) is 106 Å². The molecule has 4 fully saturated rings. The number of nitrogens with zero attached hydrogens (tertiary/aromatic N) is 10. The molecule has 1 saturated carbocycles. The number of nitrogens with one attached hydrogen (secondary N) is 2. The molecule has 9 heterocycles. The first-order valence-electron chi connectivity index (χ1n) is 25.8. The van der Waals surface area contributed by atoms with Crippen molar-refractivity contribution in [2.24, 2.45) is 11.3 Å². The van der Waals surface area contributed by atoms with E-state index in [9.17, 15) is 19.8 Å². The smallest absolute Gasteiger partial charge is 0.233 e. The number of aromatic amines is 1. The van der Waals surface area contributed by atoms with Crippen LogP contribution in [0.1, 0.15) is 105 Å². The third-order valence-electron chi connectivity index (χ3n) is 16.1. The van der Waals surface area contributed by atoms with Gasteiger partial charge in [0.15, 0.2) is 17.2 Å². The van der Waals surface area contributed by atoms with Gasteiger partial charge < -0.3 is 44.6 Å². The number of amides is 2. The van der Waals surface area contributed by atoms with Gasteiger partial charge in [0.05, 0.1) is 33.9 Å². The number of phenolic OH excluding ortho intramolecular Hbond substituents is 1. The van der Waals surface area contributed by atoms with Gasteiger partial charge in [0.2, 0.25) is 18.3 Å². The van der Waals surface area contributed by atoms with Gasteiger partial charge in [0.1, 0.15) is 11.7 Å². The first-order valence-corrected chi connectivity index (χ1v) is 26.7. The van der Waals surface area contributed by atoms with Gasteiger partial charge >= 0.3 is 0 Å². The number of thiazole rings is 1. The maximum absolute atomic E-state index is 13.3. The lowest BCUT2D eigenvalue weighted by atomic mass is 9.60. The van der Waals surface area contributed by atoms with E-state index in [0.29, 0.717) is 66.9 Å². The number of aryl methyl sites for hydroxylation is 1. The minimum atomic E-state index is -0.437. The summed E-state index contributed by atoms with van der Waals surface area (Å²) in [7, 11) is 0. The fourth-order valence-corrected chi connectivity index (χ4v) is 12.9. The molecule has 3 atom stereocenters. The number of aromatic hydroxyl groups is 1. The second-order valence-electron chi connectivity index (χ2n) is 21.2. The van der Waals surface area contributed by atoms with Gasteiger partial charge in [0.25, 0.3) is 0 Å². The summed E-state index contributed by atoms with van der Waals surface area (Å²) in [5, 5.41) is 37.4. The van der Waals surface area contributed by atoms with Crippen molar-refractivity contribution in [2.45, 2.75) is 103 Å². The molecule has 18 heteroatoms. The number of β-amino-alcohol motifs (C(OH)–C–C–N with tert-alkyl or cyclic N) is 1. The molecule has 7 aromatic rings. The second kappa shape index (κ2) is 20.3. The maximum Gasteiger partial charge on any atom is 0.233 e. The number of aromatic nitrogens is 7. The second-order valence-corrected chi connectivity index (χ2v) is 22.0. The monoisotopic (exact) mass is 1000 g/mol. The number of carbonyl (C=O) groups is 2. The Hall–Kier alpha value is -6.76. The highest BCUT2D eigenvalue weighted by Crippen LogP contribution is 2.52. The van der Waals surface area contributed by atoms with Crippen molar-refractivity contribution in [3.63, 3.8) is 0 Å². The van der Waals surface area contributed by atoms with Gasteiger partial charge in [-0.2, -0.15) is 0 Å². The number of rotatable bonds is 12. The molecule has 4 aliphatic heterocycles. The van der Waals surface area contributed by atoms with Crippen LogP contribution in [0.15, 0.2) is 83.1 Å². The van der Waals surface area contributed by atoms with E-state index in [0.717, 1.165) is 86.0 Å². The molecule has 2 amide bonds. The highest BCUT2D eigenvalue weighted by Gasteiger charge is 2.54. The van der Waals surface area contributed by atoms with Crippen LogP contribution < -0.4 is 15.1 Å². The van der Waals surface area contributed by atoms with Gasteiger partial charge in [-0.3, -0.25) is 9.59 Å². The Morgan fingerprint density at radius 3 is 2.44 bits per heavy atom. The number of hydrogen-bond donors (Lipinski definition) is 4. The van der Waals surface area contributed by atoms with Crippen molar-refractivity contribution in [2.75, 3.05) is 55.6 Å². The summed E-state index contributed by atoms with van der Waals surface area (Å²) >= 11 is 1.64. The molecule has 0 radical (unpaired) electrons. The third-order valence-corrected chi connectivity index (χ3v) is 17.1. The molecule has 17 nitrogen and oxygen atoms in total. The fraction of sp³-hybridized carbons (Fsp3) is 0.455. The van der Waals surface area contributed by atoms with Crippen LogP contribution >= 0.6 is 11.3 Å². The summed E-state index contributed by atoms with van der Waals surface area (Å²) < 4.78 is 5.79. The number of piperidine rings is 1. The van der Waals surface area contributed by atoms with Crippen LogP contribution in [-0.4, -0.2) is 126 Å². The highest BCUT2D eigenvalue weighted by molar-refractivity contribution is 7.13. The molecule has 1 spiro atoms. The minimum absolute atomic E-state index is 0.0233. The minimum Gasteiger partial charge on any atom is -0.507 e. The van der Waals surface area contributed by atoms with E-state index in [-0.39, 0.29) is 29.5 Å². The molecule has 380 valence electrons. The Morgan fingerprint density at radius 2 is 1.75 bits per heavy atom. The molecular weight excluding hydrogens is 941 g/mol. The predicted molar refractivity (Wildman–Crippen MR) is 280 cm³/mol. The van der Waals surface area contributed by atoms with Crippen molar-refractivity contribution in [1.29, 1.82) is 0 Å². The number of carbonyl (C=O) groups excluding carboxylic acids is 2. The number of anilines is 2. The summed E-state index contributed by atoms with van der Waals surface area (Å²) in [6, 6.07) is 20.1. The Bertz CT molecular complexity index is 3060. The van der Waals surface area contributed by atoms with Crippen LogP contribution in [0.5, 0.6) is 5.75 Å². The molecule has 2 aromatic carbocycles. The Morgan fingerprint density at radius 1 is 0.986 bits per heavy atom. The number of aliphatic hydroxyl groups excluding tert-OH is 1. The number of aliphatic hydroxyl groups is 1. The van der Waals surface area contributed by atoms with E-state index in [1.165, 1.54) is 40.1 Å². The van der Waals surface area contributed by atoms with Gasteiger partial charge in [-0.25, -0.2) is 15.0 Å². The molecule has 4 N–H and O–H groups in total. The quantitative estimate of drug-likeness (QED) is 0.0864. The average molecular weight is 1010 g/mol. The molecule has 3 saturated heterocycles. The zero-order valence-electron chi connectivity index (χ0n) is 41.9. The zero-order chi connectivity index (χ0) is 50.4. The normalized spacial score (nSPS) is 20.4. The first kappa shape index (κ1) is 48.5. The summed E-state index contributed by atoms with van der Waals surface area (Å²) in [4.78, 5) is 51.3. The lowest BCUT2D eigenvalue weighted by Gasteiger charge is -2.61. The average Bonchev–Trinajstić information content (AvgIpc) is 4.21. The van der Waals surface area contributed by atoms with E-state index >= 15 is 0 Å². The van der Waals surface area contributed by atoms with E-state index in [4.69, 9.17) is 14.5 Å². The molecule has 3 unspecified atom stereocenters. The van der Waals surface area contributed by atoms with Crippen LogP contribution in [0.25, 0.3) is 32.7 Å². The third kappa shape index (κ3) is 9.67. The molecule has 0 bridgehead atoms. The number of phenols is 1. The number of H-pyrrole nitrogens is 1. The van der Waals surface area contributed by atoms with Crippen LogP contribution in [0.4, 0.5) is 11.8 Å². The highest BCUT2D eigenvalue weighted by atomic mass is 32.1. The van der Waals surface area contributed by atoms with Crippen LogP contribution in [0.3, 0.4) is 0 Å². The van der Waals surface area contributed by atoms with E-state index in [1.807, 2.05) is 62.7 Å². The lowest BCUT2D eigenvalue weighted by molar-refractivity contribution is -0.133. The van der Waals surface area contributed by atoms with Crippen molar-refractivity contribution < 1.29 is 24.3 Å². The molecule has 12 rings (SSSR count). The number of benzene rings is 2. The van der Waals surface area contributed by atoms with Crippen molar-refractivity contribution >= 4 is 46.5 Å². The number of likely N-dealkylation sites (tertiary alicyclic amines) is 2. The number of hydrogen-bond acceptors (Lipinski definition) is 15. The van der Waals surface area contributed by atoms with E-state index < -0.39 is 6.10 Å². The van der Waals surface area contributed by atoms with Crippen molar-refractivity contribution in [3.05, 3.63) is 112 Å². The van der Waals surface area contributed by atoms with Crippen LogP contribution in [0, 0.1) is 18.3 Å². The molecule has 5 aliphatic rings. The van der Waals surface area contributed by atoms with Gasteiger partial charge in [0, 0.05) is 97.8 Å². The van der Waals surface area contributed by atoms with Crippen LogP contribution in [-0.2, 0) is 22.6 Å². The van der Waals surface area contributed by atoms with Gasteiger partial charge in [-0.1, -0.05) is 55.4 Å². The lowest BCUT2D eigenvalue weighted by Crippen LogP contribution is -2.67. The predicted octanol–water partition coefficient (Wildman–Crippen LogP) is 7.78. The van der Waals surface area contributed by atoms with E-state index in [1.54, 1.807) is 28.4 Å². The SMILES string of the molecule is CC(C)C(C(=O)N1CCC(O)C1)c1cc(N2CC3(CC(N4CCC(c5cnc(N6CCc7[nH]c8nnc(-c9ccccc9O)cc8c7C6C)nc5)CC4)C3)C2)no1.Cc1ncsc1-c1ccc(CNC=O)cc1. The fourth-order valence-electron chi connectivity index (χ4n) is 12.0. The Kier molecular flexibility index (Phi) is 13.5. The molecule has 73 heavy (non-hydrogen) atoms. The summed E-state index contributed by atoms with van der Waals surface area (Å²) in [6.07, 6.45) is 10.5. The topological polar surface area (TPSA) is 206 Å². The first-order chi connectivity index (χ1) is 35.4. The summed E-state index contributed by atoms with van der Waals surface area (Å²) in [5.74, 6) is 2.58.